The molecule has 2 aromatic rings. The highest BCUT2D eigenvalue weighted by Crippen LogP contribution is 2.25. The van der Waals surface area contributed by atoms with Crippen LogP contribution < -0.4 is 10.2 Å². The molecular formula is C16H18Cl2N2. The van der Waals surface area contributed by atoms with E-state index < -0.39 is 0 Å². The first-order valence-corrected chi connectivity index (χ1v) is 7.24. The molecule has 0 aliphatic carbocycles. The van der Waals surface area contributed by atoms with Crippen molar-refractivity contribution in [3.8, 4) is 0 Å². The summed E-state index contributed by atoms with van der Waals surface area (Å²) in [5.74, 6) is 0. The summed E-state index contributed by atoms with van der Waals surface area (Å²) in [5.41, 5.74) is 3.54. The van der Waals surface area contributed by atoms with Gasteiger partial charge in [-0.1, -0.05) is 35.3 Å². The fraction of sp³-hybridized carbons (Fsp3) is 0.250. The molecule has 0 bridgehead atoms. The van der Waals surface area contributed by atoms with Crippen molar-refractivity contribution in [1.82, 2.24) is 5.32 Å². The molecule has 20 heavy (non-hydrogen) atoms. The first-order valence-electron chi connectivity index (χ1n) is 6.49. The average molecular weight is 309 g/mol. The molecule has 0 atom stereocenters. The summed E-state index contributed by atoms with van der Waals surface area (Å²) in [4.78, 5) is 2.20. The molecule has 0 fully saturated rings. The van der Waals surface area contributed by atoms with Gasteiger partial charge < -0.3 is 10.2 Å². The van der Waals surface area contributed by atoms with Crippen LogP contribution in [0, 0.1) is 0 Å². The number of hydrogen-bond acceptors (Lipinski definition) is 2. The van der Waals surface area contributed by atoms with E-state index in [1.165, 1.54) is 16.8 Å². The molecule has 106 valence electrons. The van der Waals surface area contributed by atoms with Gasteiger partial charge in [0.2, 0.25) is 0 Å². The van der Waals surface area contributed by atoms with E-state index in [0.717, 1.165) is 23.1 Å². The third-order valence-corrected chi connectivity index (χ3v) is 3.60. The maximum atomic E-state index is 6.07. The summed E-state index contributed by atoms with van der Waals surface area (Å²) in [5, 5.41) is 4.70. The fourth-order valence-corrected chi connectivity index (χ4v) is 2.66. The van der Waals surface area contributed by atoms with E-state index in [9.17, 15) is 0 Å². The van der Waals surface area contributed by atoms with E-state index in [-0.39, 0.29) is 0 Å². The van der Waals surface area contributed by atoms with Gasteiger partial charge in [-0.15, -0.1) is 0 Å². The van der Waals surface area contributed by atoms with Crippen molar-refractivity contribution < 1.29 is 0 Å². The normalized spacial score (nSPS) is 10.6. The molecule has 0 spiro atoms. The summed E-state index contributed by atoms with van der Waals surface area (Å²) >= 11 is 12.1. The Hall–Kier alpha value is -1.22. The Bertz CT molecular complexity index is 584. The summed E-state index contributed by atoms with van der Waals surface area (Å²) in [6.45, 7) is 1.59. The van der Waals surface area contributed by atoms with Crippen LogP contribution in [0.2, 0.25) is 10.0 Å². The Labute approximate surface area is 130 Å². The van der Waals surface area contributed by atoms with Gasteiger partial charge in [0.05, 0.1) is 0 Å². The second-order valence-electron chi connectivity index (χ2n) is 4.79. The predicted molar refractivity (Wildman–Crippen MR) is 87.8 cm³/mol. The summed E-state index contributed by atoms with van der Waals surface area (Å²) < 4.78 is 0. The molecule has 0 amide bonds. The Kier molecular flexibility index (Phi) is 5.30. The Balaban J connectivity index is 2.22. The molecule has 2 aromatic carbocycles. The lowest BCUT2D eigenvalue weighted by atomic mass is 10.1. The molecule has 0 radical (unpaired) electrons. The van der Waals surface area contributed by atoms with Crippen LogP contribution in [0.25, 0.3) is 0 Å². The smallest absolute Gasteiger partial charge is 0.0426 e. The largest absolute Gasteiger partial charge is 0.370 e. The zero-order chi connectivity index (χ0) is 14.5. The van der Waals surface area contributed by atoms with Gasteiger partial charge in [-0.2, -0.15) is 0 Å². The first-order chi connectivity index (χ1) is 9.60. The molecule has 1 N–H and O–H groups in total. The molecule has 2 rings (SSSR count). The van der Waals surface area contributed by atoms with Crippen LogP contribution in [0.4, 0.5) is 5.69 Å². The van der Waals surface area contributed by atoms with Gasteiger partial charge in [0.15, 0.2) is 0 Å². The third-order valence-electron chi connectivity index (χ3n) is 3.13. The van der Waals surface area contributed by atoms with E-state index in [4.69, 9.17) is 23.2 Å². The summed E-state index contributed by atoms with van der Waals surface area (Å²) in [6, 6.07) is 13.9. The third kappa shape index (κ3) is 3.89. The number of nitrogens with zero attached hydrogens (tertiary/aromatic N) is 1. The highest BCUT2D eigenvalue weighted by Gasteiger charge is 2.08. The molecule has 4 heteroatoms. The zero-order valence-electron chi connectivity index (χ0n) is 11.7. The second kappa shape index (κ2) is 6.98. The SMILES string of the molecule is CNCc1cc(Cl)ccc1N(C)Cc1cccc(Cl)c1. The number of halogens is 2. The van der Waals surface area contributed by atoms with Crippen molar-refractivity contribution in [1.29, 1.82) is 0 Å². The van der Waals surface area contributed by atoms with Gasteiger partial charge in [-0.3, -0.25) is 0 Å². The molecule has 0 aliphatic rings. The topological polar surface area (TPSA) is 15.3 Å². The maximum Gasteiger partial charge on any atom is 0.0426 e. The first kappa shape index (κ1) is 15.2. The summed E-state index contributed by atoms with van der Waals surface area (Å²) in [7, 11) is 4.00. The molecule has 0 heterocycles. The van der Waals surface area contributed by atoms with Crippen LogP contribution in [-0.2, 0) is 13.1 Å². The van der Waals surface area contributed by atoms with Crippen molar-refractivity contribution in [3.05, 3.63) is 63.6 Å². The lowest BCUT2D eigenvalue weighted by molar-refractivity contribution is 0.805. The number of hydrogen-bond donors (Lipinski definition) is 1. The second-order valence-corrected chi connectivity index (χ2v) is 5.66. The zero-order valence-corrected chi connectivity index (χ0v) is 13.2. The molecule has 0 saturated heterocycles. The van der Waals surface area contributed by atoms with E-state index in [0.29, 0.717) is 0 Å². The molecule has 0 saturated carbocycles. The predicted octanol–water partition coefficient (Wildman–Crippen LogP) is 4.35. The number of benzene rings is 2. The molecular weight excluding hydrogens is 291 g/mol. The number of anilines is 1. The van der Waals surface area contributed by atoms with Crippen LogP contribution in [0.5, 0.6) is 0 Å². The fourth-order valence-electron chi connectivity index (χ4n) is 2.25. The van der Waals surface area contributed by atoms with E-state index >= 15 is 0 Å². The van der Waals surface area contributed by atoms with Gasteiger partial charge in [0, 0.05) is 35.9 Å². The van der Waals surface area contributed by atoms with Gasteiger partial charge >= 0.3 is 0 Å². The Morgan fingerprint density at radius 2 is 1.80 bits per heavy atom. The maximum absolute atomic E-state index is 6.07. The average Bonchev–Trinajstić information content (AvgIpc) is 2.39. The lowest BCUT2D eigenvalue weighted by Crippen LogP contribution is -2.19. The minimum atomic E-state index is 0.759. The van der Waals surface area contributed by atoms with Crippen molar-refractivity contribution in [2.75, 3.05) is 19.0 Å². The van der Waals surface area contributed by atoms with Gasteiger partial charge in [-0.25, -0.2) is 0 Å². The van der Waals surface area contributed by atoms with Crippen molar-refractivity contribution >= 4 is 28.9 Å². The van der Waals surface area contributed by atoms with Gasteiger partial charge in [0.25, 0.3) is 0 Å². The molecule has 2 nitrogen and oxygen atoms in total. The van der Waals surface area contributed by atoms with Crippen LogP contribution in [-0.4, -0.2) is 14.1 Å². The highest BCUT2D eigenvalue weighted by atomic mass is 35.5. The lowest BCUT2D eigenvalue weighted by Gasteiger charge is -2.23. The Morgan fingerprint density at radius 1 is 1.05 bits per heavy atom. The molecule has 0 unspecified atom stereocenters. The monoisotopic (exact) mass is 308 g/mol. The van der Waals surface area contributed by atoms with Crippen LogP contribution in [0.15, 0.2) is 42.5 Å². The van der Waals surface area contributed by atoms with E-state index in [1.807, 2.05) is 37.4 Å². The summed E-state index contributed by atoms with van der Waals surface area (Å²) in [6.07, 6.45) is 0. The molecule has 0 aliphatic heterocycles. The van der Waals surface area contributed by atoms with Crippen molar-refractivity contribution in [3.63, 3.8) is 0 Å². The van der Waals surface area contributed by atoms with Crippen molar-refractivity contribution in [2.45, 2.75) is 13.1 Å². The van der Waals surface area contributed by atoms with Gasteiger partial charge in [-0.05, 0) is 48.5 Å². The molecule has 0 aromatic heterocycles. The highest BCUT2D eigenvalue weighted by molar-refractivity contribution is 6.31. The van der Waals surface area contributed by atoms with E-state index in [2.05, 4.69) is 29.4 Å². The van der Waals surface area contributed by atoms with Crippen LogP contribution >= 0.6 is 23.2 Å². The minimum absolute atomic E-state index is 0.759. The van der Waals surface area contributed by atoms with Crippen molar-refractivity contribution in [2.24, 2.45) is 0 Å². The van der Waals surface area contributed by atoms with E-state index in [1.54, 1.807) is 0 Å². The van der Waals surface area contributed by atoms with Gasteiger partial charge in [0.1, 0.15) is 0 Å². The van der Waals surface area contributed by atoms with Crippen LogP contribution in [0.1, 0.15) is 11.1 Å². The minimum Gasteiger partial charge on any atom is -0.370 e. The standard InChI is InChI=1S/C16H18Cl2N2/c1-19-10-13-9-15(18)6-7-16(13)20(2)11-12-4-3-5-14(17)8-12/h3-9,19H,10-11H2,1-2H3. The number of rotatable bonds is 5. The quantitative estimate of drug-likeness (QED) is 0.883. The number of nitrogens with one attached hydrogen (secondary N) is 1. The Morgan fingerprint density at radius 3 is 2.50 bits per heavy atom. The van der Waals surface area contributed by atoms with Crippen LogP contribution in [0.3, 0.4) is 0 Å².